The van der Waals surface area contributed by atoms with E-state index in [4.69, 9.17) is 0 Å². The third kappa shape index (κ3) is 3.63. The summed E-state index contributed by atoms with van der Waals surface area (Å²) in [5, 5.41) is 3.04. The summed E-state index contributed by atoms with van der Waals surface area (Å²) < 4.78 is 1.46. The second-order valence-corrected chi connectivity index (χ2v) is 4.64. The Morgan fingerprint density at radius 2 is 2.20 bits per heavy atom. The summed E-state index contributed by atoms with van der Waals surface area (Å²) in [7, 11) is 0. The van der Waals surface area contributed by atoms with Crippen LogP contribution in [0.5, 0.6) is 0 Å². The van der Waals surface area contributed by atoms with Gasteiger partial charge in [-0.15, -0.1) is 0 Å². The lowest BCUT2D eigenvalue weighted by Crippen LogP contribution is -2.26. The molecule has 0 bridgehead atoms. The van der Waals surface area contributed by atoms with Crippen LogP contribution >= 0.6 is 0 Å². The molecule has 0 aromatic carbocycles. The molecule has 0 aliphatic carbocycles. The second-order valence-electron chi connectivity index (χ2n) is 4.64. The molecule has 0 fully saturated rings. The van der Waals surface area contributed by atoms with E-state index in [1.54, 1.807) is 6.20 Å². The Balaban J connectivity index is 2.10. The Labute approximate surface area is 117 Å². The van der Waals surface area contributed by atoms with E-state index < -0.39 is 0 Å². The fourth-order valence-corrected chi connectivity index (χ4v) is 1.77. The van der Waals surface area contributed by atoms with Crippen molar-refractivity contribution in [3.05, 3.63) is 46.4 Å². The fraction of sp³-hybridized carbons (Fsp3) is 0.429. The Morgan fingerprint density at radius 1 is 1.35 bits per heavy atom. The lowest BCUT2D eigenvalue weighted by Gasteiger charge is -2.08. The first-order valence-corrected chi connectivity index (χ1v) is 6.78. The minimum Gasteiger partial charge on any atom is -0.354 e. The van der Waals surface area contributed by atoms with Gasteiger partial charge < -0.3 is 5.32 Å². The number of aromatic nitrogens is 4. The quantitative estimate of drug-likeness (QED) is 0.809. The lowest BCUT2D eigenvalue weighted by molar-refractivity contribution is 0.682. The zero-order valence-corrected chi connectivity index (χ0v) is 11.8. The molecule has 0 unspecified atom stereocenters. The van der Waals surface area contributed by atoms with Gasteiger partial charge >= 0.3 is 5.69 Å². The van der Waals surface area contributed by atoms with E-state index in [1.165, 1.54) is 10.9 Å². The van der Waals surface area contributed by atoms with Crippen molar-refractivity contribution in [2.24, 2.45) is 0 Å². The van der Waals surface area contributed by atoms with Crippen molar-refractivity contribution in [2.75, 3.05) is 11.9 Å². The van der Waals surface area contributed by atoms with E-state index in [9.17, 15) is 4.79 Å². The minimum absolute atomic E-state index is 0.316. The molecule has 20 heavy (non-hydrogen) atoms. The summed E-state index contributed by atoms with van der Waals surface area (Å²) >= 11 is 0. The van der Waals surface area contributed by atoms with Crippen molar-refractivity contribution in [3.63, 3.8) is 0 Å². The van der Waals surface area contributed by atoms with Crippen LogP contribution in [0.3, 0.4) is 0 Å². The van der Waals surface area contributed by atoms with Crippen molar-refractivity contribution < 1.29 is 0 Å². The highest BCUT2D eigenvalue weighted by atomic mass is 16.1. The largest absolute Gasteiger partial charge is 0.354 e. The van der Waals surface area contributed by atoms with Gasteiger partial charge in [-0.2, -0.15) is 4.98 Å². The van der Waals surface area contributed by atoms with Crippen LogP contribution < -0.4 is 11.0 Å². The zero-order valence-electron chi connectivity index (χ0n) is 11.8. The first-order chi connectivity index (χ1) is 9.70. The summed E-state index contributed by atoms with van der Waals surface area (Å²) in [4.78, 5) is 24.3. The van der Waals surface area contributed by atoms with Gasteiger partial charge in [-0.3, -0.25) is 9.55 Å². The molecule has 0 saturated carbocycles. The fourth-order valence-electron chi connectivity index (χ4n) is 1.77. The first kappa shape index (κ1) is 14.2. The molecular formula is C14H19N5O. The van der Waals surface area contributed by atoms with Crippen molar-refractivity contribution in [1.29, 1.82) is 0 Å². The number of rotatable bonds is 6. The minimum atomic E-state index is -0.316. The predicted octanol–water partition coefficient (Wildman–Crippen LogP) is 1.60. The molecule has 0 spiro atoms. The summed E-state index contributed by atoms with van der Waals surface area (Å²) in [6, 6.07) is 3.84. The average molecular weight is 273 g/mol. The van der Waals surface area contributed by atoms with Gasteiger partial charge in [-0.1, -0.05) is 19.4 Å². The number of pyridine rings is 1. The number of aryl methyl sites for hydroxylation is 1. The Morgan fingerprint density at radius 3 is 2.90 bits per heavy atom. The number of hydrogen-bond donors (Lipinski definition) is 1. The topological polar surface area (TPSA) is 72.7 Å². The predicted molar refractivity (Wildman–Crippen MR) is 77.8 cm³/mol. The highest BCUT2D eigenvalue weighted by Gasteiger charge is 2.05. The summed E-state index contributed by atoms with van der Waals surface area (Å²) in [5.41, 5.74) is 1.58. The van der Waals surface area contributed by atoms with Crippen LogP contribution in [0.15, 0.2) is 29.5 Å². The van der Waals surface area contributed by atoms with Gasteiger partial charge in [0.05, 0.1) is 12.2 Å². The van der Waals surface area contributed by atoms with Gasteiger partial charge in [0, 0.05) is 12.7 Å². The molecule has 106 valence electrons. The second kappa shape index (κ2) is 6.79. The summed E-state index contributed by atoms with van der Waals surface area (Å²) in [6.07, 6.45) is 5.34. The van der Waals surface area contributed by atoms with E-state index in [-0.39, 0.29) is 5.69 Å². The molecule has 0 amide bonds. The maximum absolute atomic E-state index is 11.9. The average Bonchev–Trinajstić information content (AvgIpc) is 2.44. The van der Waals surface area contributed by atoms with Crippen LogP contribution in [0, 0.1) is 6.92 Å². The standard InChI is InChI=1S/C14H19N5O/c1-3-4-7-16-13-17-10-19(14(20)18-13)9-12-11(2)6-5-8-15-12/h5-6,8,10H,3-4,7,9H2,1-2H3,(H,16,18,20). The molecule has 6 nitrogen and oxygen atoms in total. The van der Waals surface area contributed by atoms with Gasteiger partial charge in [0.2, 0.25) is 5.95 Å². The Hall–Kier alpha value is -2.24. The molecule has 1 N–H and O–H groups in total. The molecule has 2 aromatic rings. The zero-order chi connectivity index (χ0) is 14.4. The van der Waals surface area contributed by atoms with Gasteiger partial charge in [0.15, 0.2) is 0 Å². The number of anilines is 1. The number of nitrogens with one attached hydrogen (secondary N) is 1. The number of hydrogen-bond acceptors (Lipinski definition) is 5. The molecule has 0 radical (unpaired) electrons. The summed E-state index contributed by atoms with van der Waals surface area (Å²) in [5.74, 6) is 0.387. The van der Waals surface area contributed by atoms with Crippen molar-refractivity contribution >= 4 is 5.95 Å². The molecule has 2 rings (SSSR count). The Bertz CT molecular complexity index is 623. The smallest absolute Gasteiger partial charge is 0.352 e. The van der Waals surface area contributed by atoms with E-state index in [1.807, 2.05) is 19.1 Å². The SMILES string of the molecule is CCCCNc1ncn(Cc2ncccc2C)c(=O)n1. The van der Waals surface area contributed by atoms with Crippen LogP contribution in [-0.4, -0.2) is 26.1 Å². The maximum Gasteiger partial charge on any atom is 0.352 e. The van der Waals surface area contributed by atoms with Gasteiger partial charge in [0.25, 0.3) is 0 Å². The molecule has 6 heteroatoms. The molecule has 0 aliphatic rings. The van der Waals surface area contributed by atoms with Crippen molar-refractivity contribution in [2.45, 2.75) is 33.2 Å². The van der Waals surface area contributed by atoms with Crippen molar-refractivity contribution in [1.82, 2.24) is 19.5 Å². The molecular weight excluding hydrogens is 254 g/mol. The first-order valence-electron chi connectivity index (χ1n) is 6.78. The van der Waals surface area contributed by atoms with Gasteiger partial charge in [-0.25, -0.2) is 9.78 Å². The lowest BCUT2D eigenvalue weighted by atomic mass is 10.2. The number of unbranched alkanes of at least 4 members (excludes halogenated alkanes) is 1. The highest BCUT2D eigenvalue weighted by molar-refractivity contribution is 5.21. The van der Waals surface area contributed by atoms with Crippen LogP contribution in [0.1, 0.15) is 31.0 Å². The van der Waals surface area contributed by atoms with Crippen LogP contribution in [0.25, 0.3) is 0 Å². The van der Waals surface area contributed by atoms with E-state index in [0.717, 1.165) is 30.6 Å². The maximum atomic E-state index is 11.9. The monoisotopic (exact) mass is 273 g/mol. The highest BCUT2D eigenvalue weighted by Crippen LogP contribution is 2.04. The van der Waals surface area contributed by atoms with Crippen LogP contribution in [0.2, 0.25) is 0 Å². The van der Waals surface area contributed by atoms with Crippen molar-refractivity contribution in [3.8, 4) is 0 Å². The third-order valence-corrected chi connectivity index (χ3v) is 3.02. The van der Waals surface area contributed by atoms with E-state index >= 15 is 0 Å². The normalized spacial score (nSPS) is 10.5. The molecule has 2 aromatic heterocycles. The van der Waals surface area contributed by atoms with Crippen LogP contribution in [0.4, 0.5) is 5.95 Å². The third-order valence-electron chi connectivity index (χ3n) is 3.02. The summed E-state index contributed by atoms with van der Waals surface area (Å²) in [6.45, 7) is 5.24. The van der Waals surface area contributed by atoms with E-state index in [2.05, 4.69) is 27.2 Å². The molecule has 0 aliphatic heterocycles. The molecule has 2 heterocycles. The molecule has 0 saturated heterocycles. The van der Waals surface area contributed by atoms with Gasteiger partial charge in [0.1, 0.15) is 6.33 Å². The van der Waals surface area contributed by atoms with Gasteiger partial charge in [-0.05, 0) is 25.0 Å². The number of nitrogens with zero attached hydrogens (tertiary/aromatic N) is 4. The van der Waals surface area contributed by atoms with Crippen LogP contribution in [-0.2, 0) is 6.54 Å². The van der Waals surface area contributed by atoms with E-state index in [0.29, 0.717) is 12.5 Å². The Kier molecular flexibility index (Phi) is 4.81. The molecule has 0 atom stereocenters.